The van der Waals surface area contributed by atoms with Crippen molar-refractivity contribution in [2.24, 2.45) is 4.99 Å². The van der Waals surface area contributed by atoms with Crippen molar-refractivity contribution < 1.29 is 0 Å². The smallest absolute Gasteiger partial charge is 0.160 e. The van der Waals surface area contributed by atoms with E-state index in [-0.39, 0.29) is 6.04 Å². The summed E-state index contributed by atoms with van der Waals surface area (Å²) >= 11 is 6.53. The van der Waals surface area contributed by atoms with Crippen molar-refractivity contribution in [3.05, 3.63) is 59.3 Å². The minimum atomic E-state index is 0.0359. The molecule has 0 aliphatic carbocycles. The molecule has 0 spiro atoms. The second-order valence-electron chi connectivity index (χ2n) is 6.22. The third kappa shape index (κ3) is 3.19. The molecule has 0 bridgehead atoms. The molecule has 0 amide bonds. The van der Waals surface area contributed by atoms with Gasteiger partial charge in [0.2, 0.25) is 0 Å². The Kier molecular flexibility index (Phi) is 5.57. The normalized spacial score (nSPS) is 21.1. The molecule has 3 rings (SSSR count). The van der Waals surface area contributed by atoms with Crippen LogP contribution < -0.4 is 4.90 Å². The second-order valence-corrected chi connectivity index (χ2v) is 6.58. The first-order valence-corrected chi connectivity index (χ1v) is 9.35. The Morgan fingerprint density at radius 2 is 2.00 bits per heavy atom. The fraction of sp³-hybridized carbons (Fsp3) is 0.350. The average molecular weight is 370 g/mol. The van der Waals surface area contributed by atoms with Gasteiger partial charge in [0.15, 0.2) is 11.7 Å². The monoisotopic (exact) mass is 369 g/mol. The van der Waals surface area contributed by atoms with Gasteiger partial charge in [0.1, 0.15) is 11.5 Å². The summed E-state index contributed by atoms with van der Waals surface area (Å²) in [4.78, 5) is 7.05. The number of hydrogen-bond donors (Lipinski definition) is 0. The minimum absolute atomic E-state index is 0.0359. The van der Waals surface area contributed by atoms with Gasteiger partial charge in [-0.15, -0.1) is 10.2 Å². The van der Waals surface area contributed by atoms with Crippen LogP contribution in [-0.2, 0) is 0 Å². The van der Waals surface area contributed by atoms with E-state index in [0.717, 1.165) is 41.5 Å². The number of hydrogen-bond acceptors (Lipinski definition) is 3. The minimum Gasteiger partial charge on any atom is -0.314 e. The van der Waals surface area contributed by atoms with Gasteiger partial charge < -0.3 is 4.90 Å². The van der Waals surface area contributed by atoms with Crippen LogP contribution in [-0.4, -0.2) is 20.6 Å². The SMILES string of the molecule is CC=C1C(=NC(Cl)=C(C)CC)N(c2ccccc2)C(CC)c2nncn21. The molecule has 1 aliphatic rings. The van der Waals surface area contributed by atoms with Gasteiger partial charge in [-0.3, -0.25) is 4.57 Å². The Hall–Kier alpha value is -2.40. The molecule has 136 valence electrons. The lowest BCUT2D eigenvalue weighted by Crippen LogP contribution is -2.42. The number of aliphatic imine (C=N–C) groups is 1. The molecule has 1 atom stereocenters. The van der Waals surface area contributed by atoms with E-state index in [1.165, 1.54) is 0 Å². The maximum absolute atomic E-state index is 6.53. The van der Waals surface area contributed by atoms with Crippen molar-refractivity contribution in [2.45, 2.75) is 46.6 Å². The largest absolute Gasteiger partial charge is 0.314 e. The number of nitrogens with zero attached hydrogens (tertiary/aromatic N) is 5. The highest BCUT2D eigenvalue weighted by molar-refractivity contribution is 6.33. The molecule has 0 saturated heterocycles. The van der Waals surface area contributed by atoms with Crippen molar-refractivity contribution >= 4 is 28.8 Å². The molecule has 26 heavy (non-hydrogen) atoms. The van der Waals surface area contributed by atoms with E-state index in [0.29, 0.717) is 5.16 Å². The number of rotatable bonds is 4. The van der Waals surface area contributed by atoms with E-state index < -0.39 is 0 Å². The molecule has 0 saturated carbocycles. The fourth-order valence-electron chi connectivity index (χ4n) is 3.12. The van der Waals surface area contributed by atoms with Gasteiger partial charge in [-0.1, -0.05) is 49.7 Å². The highest BCUT2D eigenvalue weighted by Crippen LogP contribution is 2.37. The zero-order valence-corrected chi connectivity index (χ0v) is 16.4. The van der Waals surface area contributed by atoms with Crippen molar-refractivity contribution in [1.82, 2.24) is 14.8 Å². The lowest BCUT2D eigenvalue weighted by molar-refractivity contribution is 0.614. The van der Waals surface area contributed by atoms with Gasteiger partial charge >= 0.3 is 0 Å². The number of allylic oxidation sites excluding steroid dienone is 2. The van der Waals surface area contributed by atoms with Gasteiger partial charge in [0, 0.05) is 5.69 Å². The van der Waals surface area contributed by atoms with Crippen LogP contribution >= 0.6 is 11.6 Å². The number of benzene rings is 1. The van der Waals surface area contributed by atoms with E-state index in [9.17, 15) is 0 Å². The van der Waals surface area contributed by atoms with Gasteiger partial charge in [0.25, 0.3) is 0 Å². The summed E-state index contributed by atoms with van der Waals surface area (Å²) in [6.45, 7) is 8.23. The van der Waals surface area contributed by atoms with Crippen LogP contribution in [0.3, 0.4) is 0 Å². The van der Waals surface area contributed by atoms with Crippen molar-refractivity contribution in [1.29, 1.82) is 0 Å². The maximum atomic E-state index is 6.53. The topological polar surface area (TPSA) is 46.3 Å². The molecule has 2 heterocycles. The molecule has 6 heteroatoms. The van der Waals surface area contributed by atoms with Gasteiger partial charge in [-0.05, 0) is 44.4 Å². The van der Waals surface area contributed by atoms with Gasteiger partial charge in [-0.2, -0.15) is 0 Å². The van der Waals surface area contributed by atoms with Crippen LogP contribution in [0.5, 0.6) is 0 Å². The number of para-hydroxylation sites is 1. The predicted molar refractivity (Wildman–Crippen MR) is 108 cm³/mol. The molecule has 0 radical (unpaired) electrons. The van der Waals surface area contributed by atoms with Crippen LogP contribution in [0.2, 0.25) is 0 Å². The summed E-state index contributed by atoms with van der Waals surface area (Å²) in [6, 6.07) is 10.3. The van der Waals surface area contributed by atoms with Crippen LogP contribution in [0.1, 0.15) is 52.4 Å². The Labute approximate surface area is 159 Å². The maximum Gasteiger partial charge on any atom is 0.160 e. The first kappa shape index (κ1) is 18.4. The highest BCUT2D eigenvalue weighted by Gasteiger charge is 2.36. The number of amidine groups is 1. The summed E-state index contributed by atoms with van der Waals surface area (Å²) in [5, 5.41) is 9.05. The Morgan fingerprint density at radius 3 is 2.62 bits per heavy atom. The Morgan fingerprint density at radius 1 is 1.27 bits per heavy atom. The molecule has 1 aliphatic heterocycles. The first-order chi connectivity index (χ1) is 12.6. The number of fused-ring (bicyclic) bond motifs is 1. The van der Waals surface area contributed by atoms with Crippen molar-refractivity contribution in [3.63, 3.8) is 0 Å². The Bertz CT molecular complexity index is 863. The average Bonchev–Trinajstić information content (AvgIpc) is 3.16. The number of anilines is 1. The zero-order valence-electron chi connectivity index (χ0n) is 15.6. The summed E-state index contributed by atoms with van der Waals surface area (Å²) in [5.74, 6) is 1.73. The third-order valence-electron chi connectivity index (χ3n) is 4.68. The summed E-state index contributed by atoms with van der Waals surface area (Å²) in [5.41, 5.74) is 3.05. The molecule has 1 unspecified atom stereocenters. The summed E-state index contributed by atoms with van der Waals surface area (Å²) < 4.78 is 2.01. The fourth-order valence-corrected chi connectivity index (χ4v) is 3.33. The molecule has 0 fully saturated rings. The van der Waals surface area contributed by atoms with E-state index in [1.807, 2.05) is 42.7 Å². The summed E-state index contributed by atoms with van der Waals surface area (Å²) in [6.07, 6.45) is 5.51. The lowest BCUT2D eigenvalue weighted by atomic mass is 10.1. The second kappa shape index (κ2) is 7.87. The number of aromatic nitrogens is 3. The van der Waals surface area contributed by atoms with Crippen LogP contribution in [0.25, 0.3) is 5.70 Å². The Balaban J connectivity index is 2.27. The van der Waals surface area contributed by atoms with Crippen molar-refractivity contribution in [3.8, 4) is 0 Å². The van der Waals surface area contributed by atoms with Gasteiger partial charge in [0.05, 0.1) is 11.7 Å². The van der Waals surface area contributed by atoms with Crippen LogP contribution in [0, 0.1) is 0 Å². The molecule has 0 N–H and O–H groups in total. The zero-order chi connectivity index (χ0) is 18.7. The van der Waals surface area contributed by atoms with Crippen molar-refractivity contribution in [2.75, 3.05) is 4.90 Å². The number of halogens is 1. The first-order valence-electron chi connectivity index (χ1n) is 8.97. The van der Waals surface area contributed by atoms with E-state index in [1.54, 1.807) is 6.33 Å². The van der Waals surface area contributed by atoms with E-state index in [4.69, 9.17) is 16.6 Å². The van der Waals surface area contributed by atoms with Gasteiger partial charge in [-0.25, -0.2) is 4.99 Å². The quantitative estimate of drug-likeness (QED) is 0.679. The lowest BCUT2D eigenvalue weighted by Gasteiger charge is -2.38. The molecule has 1 aromatic carbocycles. The van der Waals surface area contributed by atoms with E-state index >= 15 is 0 Å². The third-order valence-corrected chi connectivity index (χ3v) is 5.09. The standard InChI is InChI=1S/C20H24ClN5/c1-5-14(4)18(21)23-19-16(6-2)25-13-22-24-20(25)17(7-3)26(19)15-11-9-8-10-12-15/h6,8-13,17H,5,7H2,1-4H3. The molecular weight excluding hydrogens is 346 g/mol. The molecular formula is C20H24ClN5. The van der Waals surface area contributed by atoms with E-state index in [2.05, 4.69) is 41.1 Å². The summed E-state index contributed by atoms with van der Waals surface area (Å²) in [7, 11) is 0. The molecule has 5 nitrogen and oxygen atoms in total. The van der Waals surface area contributed by atoms with Crippen LogP contribution in [0.15, 0.2) is 58.5 Å². The van der Waals surface area contributed by atoms with Crippen LogP contribution in [0.4, 0.5) is 5.69 Å². The predicted octanol–water partition coefficient (Wildman–Crippen LogP) is 5.39. The molecule has 2 aromatic rings. The molecule has 1 aromatic heterocycles. The highest BCUT2D eigenvalue weighted by atomic mass is 35.5.